The van der Waals surface area contributed by atoms with Crippen molar-refractivity contribution in [3.63, 3.8) is 0 Å². The molecule has 29 heavy (non-hydrogen) atoms. The fourth-order valence-electron chi connectivity index (χ4n) is 3.61. The van der Waals surface area contributed by atoms with Crippen molar-refractivity contribution in [3.8, 4) is 17.4 Å². The Hall–Kier alpha value is -3.00. The topological polar surface area (TPSA) is 95.1 Å². The largest absolute Gasteiger partial charge is 0.460 e. The first-order valence-electron chi connectivity index (χ1n) is 9.72. The fourth-order valence-corrected chi connectivity index (χ4v) is 3.61. The molecule has 0 spiro atoms. The lowest BCUT2D eigenvalue weighted by Crippen LogP contribution is -2.45. The number of hydrogen-bond acceptors (Lipinski definition) is 6. The van der Waals surface area contributed by atoms with Crippen molar-refractivity contribution in [2.45, 2.75) is 52.2 Å². The standard InChI is InChI=1S/C21H25N5O3/c1-13-5-6-18(29-13)17-7-9-22-20(25-17)26-14(2)16(12-23-26)19(27)24-15-8-10-28-21(3,4)11-15/h5-7,9,12,15H,8,10-11H2,1-4H3,(H,24,27)/t15-/m0/s1. The van der Waals surface area contributed by atoms with Crippen LogP contribution in [0.3, 0.4) is 0 Å². The lowest BCUT2D eigenvalue weighted by atomic mass is 9.94. The van der Waals surface area contributed by atoms with Crippen LogP contribution in [-0.2, 0) is 4.74 Å². The number of furan rings is 1. The Bertz CT molecular complexity index is 1040. The maximum absolute atomic E-state index is 12.8. The second kappa shape index (κ2) is 7.44. The molecular weight excluding hydrogens is 370 g/mol. The van der Waals surface area contributed by atoms with Crippen molar-refractivity contribution in [2.75, 3.05) is 6.61 Å². The lowest BCUT2D eigenvalue weighted by Gasteiger charge is -2.35. The molecule has 8 heteroatoms. The summed E-state index contributed by atoms with van der Waals surface area (Å²) in [7, 11) is 0. The highest BCUT2D eigenvalue weighted by molar-refractivity contribution is 5.95. The second-order valence-corrected chi connectivity index (χ2v) is 7.98. The smallest absolute Gasteiger partial charge is 0.254 e. The molecule has 4 rings (SSSR count). The molecule has 1 saturated heterocycles. The number of nitrogens with one attached hydrogen (secondary N) is 1. The number of aromatic nitrogens is 4. The molecule has 0 saturated carbocycles. The Morgan fingerprint density at radius 1 is 1.28 bits per heavy atom. The Kier molecular flexibility index (Phi) is 4.96. The summed E-state index contributed by atoms with van der Waals surface area (Å²) in [6.45, 7) is 8.44. The van der Waals surface area contributed by atoms with Crippen molar-refractivity contribution in [1.82, 2.24) is 25.1 Å². The van der Waals surface area contributed by atoms with Crippen LogP contribution < -0.4 is 5.32 Å². The maximum Gasteiger partial charge on any atom is 0.254 e. The Morgan fingerprint density at radius 3 is 2.83 bits per heavy atom. The van der Waals surface area contributed by atoms with Crippen LogP contribution in [0, 0.1) is 13.8 Å². The van der Waals surface area contributed by atoms with Gasteiger partial charge in [0, 0.05) is 18.8 Å². The molecule has 1 N–H and O–H groups in total. The summed E-state index contributed by atoms with van der Waals surface area (Å²) >= 11 is 0. The quantitative estimate of drug-likeness (QED) is 0.729. The molecule has 152 valence electrons. The van der Waals surface area contributed by atoms with Crippen molar-refractivity contribution in [1.29, 1.82) is 0 Å². The minimum absolute atomic E-state index is 0.0794. The number of ether oxygens (including phenoxy) is 1. The number of rotatable bonds is 4. The average molecular weight is 395 g/mol. The molecule has 0 bridgehead atoms. The predicted octanol–water partition coefficient (Wildman–Crippen LogP) is 3.23. The number of nitrogens with zero attached hydrogens (tertiary/aromatic N) is 4. The van der Waals surface area contributed by atoms with Crippen LogP contribution in [0.5, 0.6) is 0 Å². The van der Waals surface area contributed by atoms with Crippen LogP contribution in [0.4, 0.5) is 0 Å². The predicted molar refractivity (Wildman–Crippen MR) is 107 cm³/mol. The minimum atomic E-state index is -0.228. The number of amides is 1. The zero-order valence-electron chi connectivity index (χ0n) is 17.1. The summed E-state index contributed by atoms with van der Waals surface area (Å²) in [5.74, 6) is 1.72. The van der Waals surface area contributed by atoms with E-state index in [4.69, 9.17) is 9.15 Å². The monoisotopic (exact) mass is 395 g/mol. The first-order chi connectivity index (χ1) is 13.8. The van der Waals surface area contributed by atoms with Crippen molar-refractivity contribution in [3.05, 3.63) is 47.6 Å². The summed E-state index contributed by atoms with van der Waals surface area (Å²) in [4.78, 5) is 21.7. The van der Waals surface area contributed by atoms with E-state index in [0.29, 0.717) is 35.3 Å². The van der Waals surface area contributed by atoms with Crippen LogP contribution in [0.15, 0.2) is 35.0 Å². The van der Waals surface area contributed by atoms with E-state index in [2.05, 4.69) is 20.4 Å². The summed E-state index contributed by atoms with van der Waals surface area (Å²) < 4.78 is 12.9. The lowest BCUT2D eigenvalue weighted by molar-refractivity contribution is -0.0615. The fraction of sp³-hybridized carbons (Fsp3) is 0.429. The van der Waals surface area contributed by atoms with Gasteiger partial charge >= 0.3 is 0 Å². The highest BCUT2D eigenvalue weighted by Crippen LogP contribution is 2.25. The van der Waals surface area contributed by atoms with Crippen molar-refractivity contribution < 1.29 is 13.9 Å². The van der Waals surface area contributed by atoms with E-state index in [1.54, 1.807) is 23.1 Å². The molecule has 8 nitrogen and oxygen atoms in total. The zero-order chi connectivity index (χ0) is 20.6. The molecule has 0 radical (unpaired) electrons. The maximum atomic E-state index is 12.8. The molecule has 3 aromatic rings. The Morgan fingerprint density at radius 2 is 2.10 bits per heavy atom. The van der Waals surface area contributed by atoms with Gasteiger partial charge in [-0.1, -0.05) is 0 Å². The third kappa shape index (κ3) is 4.07. The molecule has 4 heterocycles. The summed E-state index contributed by atoms with van der Waals surface area (Å²) in [6, 6.07) is 5.61. The van der Waals surface area contributed by atoms with E-state index in [9.17, 15) is 4.79 Å². The number of carbonyl (C=O) groups excluding carboxylic acids is 1. The minimum Gasteiger partial charge on any atom is -0.460 e. The van der Waals surface area contributed by atoms with Crippen LogP contribution in [0.2, 0.25) is 0 Å². The SMILES string of the molecule is Cc1ccc(-c2ccnc(-n3ncc(C(=O)N[C@H]4CCOC(C)(C)C4)c3C)n2)o1. The van der Waals surface area contributed by atoms with Crippen LogP contribution >= 0.6 is 0 Å². The van der Waals surface area contributed by atoms with Crippen LogP contribution in [0.25, 0.3) is 17.4 Å². The number of carbonyl (C=O) groups is 1. The van der Waals surface area contributed by atoms with Gasteiger partial charge in [-0.3, -0.25) is 4.79 Å². The molecule has 3 aromatic heterocycles. The molecule has 1 amide bonds. The molecule has 0 aromatic carbocycles. The summed E-state index contributed by atoms with van der Waals surface area (Å²) in [5, 5.41) is 7.45. The van der Waals surface area contributed by atoms with E-state index < -0.39 is 0 Å². The van der Waals surface area contributed by atoms with Gasteiger partial charge in [0.1, 0.15) is 11.5 Å². The van der Waals surface area contributed by atoms with Gasteiger partial charge in [-0.05, 0) is 58.7 Å². The molecule has 1 atom stereocenters. The highest BCUT2D eigenvalue weighted by atomic mass is 16.5. The third-order valence-corrected chi connectivity index (χ3v) is 5.11. The summed E-state index contributed by atoms with van der Waals surface area (Å²) in [6.07, 6.45) is 4.79. The van der Waals surface area contributed by atoms with Gasteiger partial charge in [0.2, 0.25) is 0 Å². The molecular formula is C21H25N5O3. The van der Waals surface area contributed by atoms with Crippen molar-refractivity contribution >= 4 is 5.91 Å². The van der Waals surface area contributed by atoms with Crippen LogP contribution in [-0.4, -0.2) is 43.9 Å². The van der Waals surface area contributed by atoms with Crippen LogP contribution in [0.1, 0.15) is 48.5 Å². The van der Waals surface area contributed by atoms with E-state index in [1.165, 1.54) is 0 Å². The first kappa shape index (κ1) is 19.3. The highest BCUT2D eigenvalue weighted by Gasteiger charge is 2.30. The molecule has 0 unspecified atom stereocenters. The van der Waals surface area contributed by atoms with Gasteiger partial charge in [0.25, 0.3) is 11.9 Å². The van der Waals surface area contributed by atoms with E-state index >= 15 is 0 Å². The zero-order valence-corrected chi connectivity index (χ0v) is 17.1. The molecule has 1 aliphatic heterocycles. The first-order valence-corrected chi connectivity index (χ1v) is 9.72. The van der Waals surface area contributed by atoms with Gasteiger partial charge in [0.05, 0.1) is 23.1 Å². The van der Waals surface area contributed by atoms with E-state index in [0.717, 1.165) is 18.6 Å². The normalized spacial score (nSPS) is 18.6. The Labute approximate surface area is 169 Å². The number of aryl methyl sites for hydroxylation is 1. The van der Waals surface area contributed by atoms with Gasteiger partial charge in [0.15, 0.2) is 5.76 Å². The van der Waals surface area contributed by atoms with Gasteiger partial charge < -0.3 is 14.5 Å². The van der Waals surface area contributed by atoms with Gasteiger partial charge in [-0.2, -0.15) is 5.10 Å². The third-order valence-electron chi connectivity index (χ3n) is 5.11. The van der Waals surface area contributed by atoms with E-state index in [-0.39, 0.29) is 17.6 Å². The number of hydrogen-bond donors (Lipinski definition) is 1. The van der Waals surface area contributed by atoms with Crippen molar-refractivity contribution in [2.24, 2.45) is 0 Å². The molecule has 0 aliphatic carbocycles. The van der Waals surface area contributed by atoms with E-state index in [1.807, 2.05) is 39.8 Å². The Balaban J connectivity index is 1.55. The summed E-state index contributed by atoms with van der Waals surface area (Å²) in [5.41, 5.74) is 1.63. The van der Waals surface area contributed by atoms with Gasteiger partial charge in [-0.25, -0.2) is 14.6 Å². The second-order valence-electron chi connectivity index (χ2n) is 7.98. The molecule has 1 fully saturated rings. The van der Waals surface area contributed by atoms with Gasteiger partial charge in [-0.15, -0.1) is 0 Å². The average Bonchev–Trinajstić information content (AvgIpc) is 3.27. The molecule has 1 aliphatic rings.